The summed E-state index contributed by atoms with van der Waals surface area (Å²) in [5.74, 6) is 2.26. The minimum atomic E-state index is -0.0470. The lowest BCUT2D eigenvalue weighted by molar-refractivity contribution is 0.0646. The van der Waals surface area contributed by atoms with Crippen molar-refractivity contribution in [3.63, 3.8) is 0 Å². The second-order valence-electron chi connectivity index (χ2n) is 7.77. The van der Waals surface area contributed by atoms with Gasteiger partial charge in [0.15, 0.2) is 5.96 Å². The van der Waals surface area contributed by atoms with Gasteiger partial charge in [-0.25, -0.2) is 9.98 Å². The third-order valence-corrected chi connectivity index (χ3v) is 4.26. The Hall–Kier alpha value is -2.34. The molecule has 1 aromatic heterocycles. The summed E-state index contributed by atoms with van der Waals surface area (Å²) in [6.07, 6.45) is 2.79. The van der Waals surface area contributed by atoms with Crippen molar-refractivity contribution in [3.05, 3.63) is 53.7 Å². The molecular formula is C22H34N4O2. The zero-order valence-corrected chi connectivity index (χ0v) is 17.8. The van der Waals surface area contributed by atoms with E-state index in [0.717, 1.165) is 31.2 Å². The molecule has 1 aromatic carbocycles. The highest BCUT2D eigenvalue weighted by molar-refractivity contribution is 5.79. The standard InChI is InChI=1S/C22H34N4O2/c1-6-23-21(26-16-20-25-15-19(28-20)22(3,4)5)24-13-10-14-27-17(2)18-11-8-7-9-12-18/h7-9,11-12,15,17H,6,10,13-14,16H2,1-5H3,(H2,23,24,26). The van der Waals surface area contributed by atoms with E-state index in [0.29, 0.717) is 19.0 Å². The first-order valence-corrected chi connectivity index (χ1v) is 10.0. The molecule has 0 aliphatic heterocycles. The van der Waals surface area contributed by atoms with Crippen LogP contribution >= 0.6 is 0 Å². The van der Waals surface area contributed by atoms with Crippen molar-refractivity contribution in [2.45, 2.75) is 59.1 Å². The topological polar surface area (TPSA) is 71.7 Å². The van der Waals surface area contributed by atoms with E-state index < -0.39 is 0 Å². The molecule has 0 aliphatic carbocycles. The van der Waals surface area contributed by atoms with Gasteiger partial charge >= 0.3 is 0 Å². The third kappa shape index (κ3) is 7.35. The van der Waals surface area contributed by atoms with Crippen molar-refractivity contribution in [2.75, 3.05) is 19.7 Å². The summed E-state index contributed by atoms with van der Waals surface area (Å²) in [7, 11) is 0. The van der Waals surface area contributed by atoms with E-state index >= 15 is 0 Å². The lowest BCUT2D eigenvalue weighted by Gasteiger charge is -2.14. The van der Waals surface area contributed by atoms with Crippen LogP contribution in [0.2, 0.25) is 0 Å². The molecule has 0 fully saturated rings. The van der Waals surface area contributed by atoms with Gasteiger partial charge in [0.05, 0.1) is 12.3 Å². The third-order valence-electron chi connectivity index (χ3n) is 4.26. The monoisotopic (exact) mass is 386 g/mol. The smallest absolute Gasteiger partial charge is 0.216 e. The second kappa shape index (κ2) is 10.9. The Morgan fingerprint density at radius 3 is 2.61 bits per heavy atom. The van der Waals surface area contributed by atoms with Gasteiger partial charge in [-0.15, -0.1) is 0 Å². The average molecular weight is 387 g/mol. The van der Waals surface area contributed by atoms with Gasteiger partial charge in [0, 0.05) is 25.1 Å². The van der Waals surface area contributed by atoms with Crippen molar-refractivity contribution in [1.29, 1.82) is 0 Å². The van der Waals surface area contributed by atoms with Crippen LogP contribution in [0.15, 0.2) is 45.9 Å². The fourth-order valence-corrected chi connectivity index (χ4v) is 2.58. The van der Waals surface area contributed by atoms with Crippen LogP contribution in [-0.4, -0.2) is 30.6 Å². The molecule has 0 saturated heterocycles. The Morgan fingerprint density at radius 2 is 1.96 bits per heavy atom. The van der Waals surface area contributed by atoms with Gasteiger partial charge in [0.2, 0.25) is 5.89 Å². The molecule has 2 N–H and O–H groups in total. The summed E-state index contributed by atoms with van der Waals surface area (Å²) in [6.45, 7) is 13.1. The van der Waals surface area contributed by atoms with Crippen molar-refractivity contribution in [1.82, 2.24) is 15.6 Å². The number of nitrogens with zero attached hydrogens (tertiary/aromatic N) is 2. The van der Waals surface area contributed by atoms with Crippen LogP contribution in [0.1, 0.15) is 64.4 Å². The Balaban J connectivity index is 1.74. The van der Waals surface area contributed by atoms with E-state index in [-0.39, 0.29) is 11.5 Å². The molecule has 0 amide bonds. The highest BCUT2D eigenvalue weighted by Crippen LogP contribution is 2.22. The van der Waals surface area contributed by atoms with Crippen LogP contribution < -0.4 is 10.6 Å². The van der Waals surface area contributed by atoms with E-state index in [4.69, 9.17) is 9.15 Å². The number of rotatable bonds is 9. The first-order chi connectivity index (χ1) is 13.4. The lowest BCUT2D eigenvalue weighted by Crippen LogP contribution is -2.38. The van der Waals surface area contributed by atoms with Crippen LogP contribution in [0.5, 0.6) is 0 Å². The summed E-state index contributed by atoms with van der Waals surface area (Å²) in [5, 5.41) is 6.57. The normalized spacial score (nSPS) is 13.4. The van der Waals surface area contributed by atoms with Crippen LogP contribution in [0.4, 0.5) is 0 Å². The van der Waals surface area contributed by atoms with Gasteiger partial charge in [0.1, 0.15) is 12.3 Å². The van der Waals surface area contributed by atoms with Crippen LogP contribution in [0.25, 0.3) is 0 Å². The van der Waals surface area contributed by atoms with Crippen LogP contribution in [0, 0.1) is 0 Å². The van der Waals surface area contributed by atoms with Crippen molar-refractivity contribution < 1.29 is 9.15 Å². The summed E-state index contributed by atoms with van der Waals surface area (Å²) in [6, 6.07) is 10.3. The van der Waals surface area contributed by atoms with Crippen LogP contribution in [0.3, 0.4) is 0 Å². The molecule has 6 heteroatoms. The van der Waals surface area contributed by atoms with Crippen molar-refractivity contribution in [3.8, 4) is 0 Å². The molecular weight excluding hydrogens is 352 g/mol. The molecule has 0 saturated carbocycles. The molecule has 6 nitrogen and oxygen atoms in total. The predicted molar refractivity (Wildman–Crippen MR) is 113 cm³/mol. The number of hydrogen-bond donors (Lipinski definition) is 2. The number of guanidine groups is 1. The van der Waals surface area contributed by atoms with E-state index in [1.807, 2.05) is 25.1 Å². The predicted octanol–water partition coefficient (Wildman–Crippen LogP) is 4.20. The molecule has 2 aromatic rings. The number of hydrogen-bond acceptors (Lipinski definition) is 4. The second-order valence-corrected chi connectivity index (χ2v) is 7.77. The summed E-state index contributed by atoms with van der Waals surface area (Å²) in [4.78, 5) is 8.88. The fraction of sp³-hybridized carbons (Fsp3) is 0.545. The highest BCUT2D eigenvalue weighted by atomic mass is 16.5. The Morgan fingerprint density at radius 1 is 1.21 bits per heavy atom. The van der Waals surface area contributed by atoms with Crippen molar-refractivity contribution >= 4 is 5.96 Å². The summed E-state index contributed by atoms with van der Waals surface area (Å²) < 4.78 is 11.7. The van der Waals surface area contributed by atoms with E-state index in [1.165, 1.54) is 5.56 Å². The maximum Gasteiger partial charge on any atom is 0.216 e. The van der Waals surface area contributed by atoms with Gasteiger partial charge in [0.25, 0.3) is 0 Å². The number of aromatic nitrogens is 1. The zero-order chi connectivity index (χ0) is 20.4. The Bertz CT molecular complexity index is 720. The minimum Gasteiger partial charge on any atom is -0.443 e. The number of ether oxygens (including phenoxy) is 1. The van der Waals surface area contributed by atoms with Gasteiger partial charge in [-0.3, -0.25) is 0 Å². The number of aliphatic imine (C=N–C) groups is 1. The first kappa shape index (κ1) is 22.0. The largest absolute Gasteiger partial charge is 0.443 e. The molecule has 28 heavy (non-hydrogen) atoms. The summed E-state index contributed by atoms with van der Waals surface area (Å²) in [5.41, 5.74) is 1.15. The van der Waals surface area contributed by atoms with Gasteiger partial charge in [-0.1, -0.05) is 51.1 Å². The molecule has 0 spiro atoms. The van der Waals surface area contributed by atoms with E-state index in [9.17, 15) is 0 Å². The molecule has 2 rings (SSSR count). The Labute approximate surface area is 168 Å². The highest BCUT2D eigenvalue weighted by Gasteiger charge is 2.19. The zero-order valence-electron chi connectivity index (χ0n) is 17.8. The lowest BCUT2D eigenvalue weighted by atomic mass is 9.94. The molecule has 154 valence electrons. The quantitative estimate of drug-likeness (QED) is 0.384. The van der Waals surface area contributed by atoms with E-state index in [1.54, 1.807) is 6.20 Å². The van der Waals surface area contributed by atoms with Gasteiger partial charge in [-0.2, -0.15) is 0 Å². The maximum atomic E-state index is 5.91. The first-order valence-electron chi connectivity index (χ1n) is 10.0. The van der Waals surface area contributed by atoms with Crippen molar-refractivity contribution in [2.24, 2.45) is 4.99 Å². The maximum absolute atomic E-state index is 5.91. The number of oxazole rings is 1. The van der Waals surface area contributed by atoms with Gasteiger partial charge < -0.3 is 19.8 Å². The molecule has 0 radical (unpaired) electrons. The molecule has 0 bridgehead atoms. The van der Waals surface area contributed by atoms with Gasteiger partial charge in [-0.05, 0) is 25.8 Å². The Kier molecular flexibility index (Phi) is 8.51. The molecule has 0 aliphatic rings. The molecule has 1 heterocycles. The minimum absolute atomic E-state index is 0.0470. The average Bonchev–Trinajstić information content (AvgIpc) is 3.16. The van der Waals surface area contributed by atoms with Crippen LogP contribution in [-0.2, 0) is 16.7 Å². The number of benzene rings is 1. The van der Waals surface area contributed by atoms with E-state index in [2.05, 4.69) is 60.4 Å². The summed E-state index contributed by atoms with van der Waals surface area (Å²) >= 11 is 0. The molecule has 1 atom stereocenters. The SMILES string of the molecule is CCNC(=NCc1ncc(C(C)(C)C)o1)NCCCOC(C)c1ccccc1. The fourth-order valence-electron chi connectivity index (χ4n) is 2.58. The molecule has 1 unspecified atom stereocenters. The number of nitrogens with one attached hydrogen (secondary N) is 2.